The fourth-order valence-corrected chi connectivity index (χ4v) is 3.27. The lowest BCUT2D eigenvalue weighted by Gasteiger charge is -2.17. The van der Waals surface area contributed by atoms with Crippen molar-refractivity contribution in [2.75, 3.05) is 13.7 Å². The number of hydrogen-bond acceptors (Lipinski definition) is 4. The van der Waals surface area contributed by atoms with Gasteiger partial charge in [-0.25, -0.2) is 0 Å². The zero-order valence-corrected chi connectivity index (χ0v) is 12.2. The van der Waals surface area contributed by atoms with Gasteiger partial charge in [-0.05, 0) is 37.9 Å². The van der Waals surface area contributed by atoms with Gasteiger partial charge in [-0.3, -0.25) is 4.79 Å². The molecule has 6 heteroatoms. The molecule has 1 heterocycles. The first-order valence-electron chi connectivity index (χ1n) is 6.07. The molecule has 0 unspecified atom stereocenters. The molecule has 0 aliphatic heterocycles. The molecule has 2 N–H and O–H groups in total. The maximum absolute atomic E-state index is 12.0. The SMILES string of the molecule is COC[C@H](NC(=O)Cc1sc(=S)[nH]c1C)C1CC1. The van der Waals surface area contributed by atoms with Gasteiger partial charge in [0.05, 0.1) is 19.1 Å². The van der Waals surface area contributed by atoms with Crippen molar-refractivity contribution < 1.29 is 9.53 Å². The molecule has 4 nitrogen and oxygen atoms in total. The Morgan fingerprint density at radius 1 is 1.67 bits per heavy atom. The van der Waals surface area contributed by atoms with E-state index in [0.29, 0.717) is 18.9 Å². The van der Waals surface area contributed by atoms with Gasteiger partial charge in [0.25, 0.3) is 0 Å². The van der Waals surface area contributed by atoms with Crippen LogP contribution < -0.4 is 5.32 Å². The van der Waals surface area contributed by atoms with Crippen molar-refractivity contribution >= 4 is 29.5 Å². The quantitative estimate of drug-likeness (QED) is 0.788. The second-order valence-corrected chi connectivity index (χ2v) is 6.48. The van der Waals surface area contributed by atoms with Gasteiger partial charge in [-0.2, -0.15) is 0 Å². The van der Waals surface area contributed by atoms with E-state index in [-0.39, 0.29) is 11.9 Å². The lowest BCUT2D eigenvalue weighted by Crippen LogP contribution is -2.40. The fraction of sp³-hybridized carbons (Fsp3) is 0.667. The third-order valence-corrected chi connectivity index (χ3v) is 4.46. The Labute approximate surface area is 116 Å². The number of nitrogens with one attached hydrogen (secondary N) is 2. The third kappa shape index (κ3) is 3.63. The molecular weight excluding hydrogens is 268 g/mol. The summed E-state index contributed by atoms with van der Waals surface area (Å²) in [5, 5.41) is 3.06. The number of aryl methyl sites for hydroxylation is 1. The summed E-state index contributed by atoms with van der Waals surface area (Å²) >= 11 is 6.54. The van der Waals surface area contributed by atoms with Crippen LogP contribution in [0.25, 0.3) is 0 Å². The Balaban J connectivity index is 1.91. The number of methoxy groups -OCH3 is 1. The first-order chi connectivity index (χ1) is 8.60. The molecule has 1 aliphatic carbocycles. The third-order valence-electron chi connectivity index (χ3n) is 3.13. The van der Waals surface area contributed by atoms with Gasteiger partial charge in [-0.1, -0.05) is 0 Å². The molecule has 2 rings (SSSR count). The van der Waals surface area contributed by atoms with Crippen molar-refractivity contribution in [3.63, 3.8) is 0 Å². The van der Waals surface area contributed by atoms with Crippen LogP contribution >= 0.6 is 23.6 Å². The number of H-pyrrole nitrogens is 1. The van der Waals surface area contributed by atoms with Gasteiger partial charge < -0.3 is 15.0 Å². The lowest BCUT2D eigenvalue weighted by atomic mass is 10.2. The van der Waals surface area contributed by atoms with Crippen molar-refractivity contribution in [3.8, 4) is 0 Å². The number of rotatable bonds is 6. The summed E-state index contributed by atoms with van der Waals surface area (Å²) in [4.78, 5) is 16.1. The second-order valence-electron chi connectivity index (χ2n) is 4.71. The zero-order valence-electron chi connectivity index (χ0n) is 10.6. The van der Waals surface area contributed by atoms with E-state index in [1.165, 1.54) is 24.2 Å². The molecule has 0 aromatic carbocycles. The van der Waals surface area contributed by atoms with Gasteiger partial charge in [0.2, 0.25) is 5.91 Å². The van der Waals surface area contributed by atoms with Crippen LogP contribution in [-0.2, 0) is 16.0 Å². The Kier molecular flexibility index (Phi) is 4.53. The molecule has 1 saturated carbocycles. The number of hydrogen-bond donors (Lipinski definition) is 2. The highest BCUT2D eigenvalue weighted by Gasteiger charge is 2.32. The van der Waals surface area contributed by atoms with Gasteiger partial charge in [0, 0.05) is 17.7 Å². The molecule has 1 aliphatic rings. The van der Waals surface area contributed by atoms with Crippen molar-refractivity contribution in [2.45, 2.75) is 32.2 Å². The van der Waals surface area contributed by atoms with Gasteiger partial charge in [0.1, 0.15) is 0 Å². The zero-order chi connectivity index (χ0) is 13.1. The maximum atomic E-state index is 12.0. The molecule has 1 aromatic rings. The summed E-state index contributed by atoms with van der Waals surface area (Å²) in [6.45, 7) is 2.54. The summed E-state index contributed by atoms with van der Waals surface area (Å²) in [7, 11) is 1.67. The largest absolute Gasteiger partial charge is 0.383 e. The van der Waals surface area contributed by atoms with Gasteiger partial charge in [0.15, 0.2) is 3.95 Å². The Morgan fingerprint density at radius 2 is 2.39 bits per heavy atom. The van der Waals surface area contributed by atoms with E-state index in [1.807, 2.05) is 6.92 Å². The molecule has 0 saturated heterocycles. The summed E-state index contributed by atoms with van der Waals surface area (Å²) in [6, 6.07) is 0.162. The normalized spacial score (nSPS) is 16.6. The molecule has 0 radical (unpaired) electrons. The standard InChI is InChI=1S/C12H18N2O2S2/c1-7-10(18-12(17)13-7)5-11(15)14-9(6-16-2)8-3-4-8/h8-9H,3-6H2,1-2H3,(H,13,17)(H,14,15)/t9-/m0/s1. The molecule has 100 valence electrons. The number of aromatic amines is 1. The van der Waals surface area contributed by atoms with E-state index in [0.717, 1.165) is 14.5 Å². The Hall–Kier alpha value is -0.720. The summed E-state index contributed by atoms with van der Waals surface area (Å²) in [5.74, 6) is 0.650. The van der Waals surface area contributed by atoms with Crippen LogP contribution in [0.2, 0.25) is 0 Å². The average Bonchev–Trinajstić information content (AvgIpc) is 3.06. The van der Waals surface area contributed by atoms with Crippen LogP contribution in [0.15, 0.2) is 0 Å². The van der Waals surface area contributed by atoms with E-state index in [2.05, 4.69) is 10.3 Å². The van der Waals surface area contributed by atoms with Crippen LogP contribution in [0.5, 0.6) is 0 Å². The van der Waals surface area contributed by atoms with E-state index in [9.17, 15) is 4.79 Å². The number of amides is 1. The minimum Gasteiger partial charge on any atom is -0.383 e. The van der Waals surface area contributed by atoms with Crippen molar-refractivity contribution in [3.05, 3.63) is 14.5 Å². The first kappa shape index (κ1) is 13.7. The Bertz CT molecular complexity index is 477. The topological polar surface area (TPSA) is 54.1 Å². The Morgan fingerprint density at radius 3 is 2.89 bits per heavy atom. The smallest absolute Gasteiger partial charge is 0.225 e. The van der Waals surface area contributed by atoms with Crippen LogP contribution in [-0.4, -0.2) is 30.6 Å². The molecule has 0 bridgehead atoms. The molecule has 1 atom stereocenters. The molecular formula is C12H18N2O2S2. The molecule has 18 heavy (non-hydrogen) atoms. The minimum absolute atomic E-state index is 0.0531. The van der Waals surface area contributed by atoms with Crippen molar-refractivity contribution in [1.29, 1.82) is 0 Å². The lowest BCUT2D eigenvalue weighted by molar-refractivity contribution is -0.121. The van der Waals surface area contributed by atoms with E-state index in [4.69, 9.17) is 17.0 Å². The average molecular weight is 286 g/mol. The van der Waals surface area contributed by atoms with E-state index < -0.39 is 0 Å². The van der Waals surface area contributed by atoms with Gasteiger partial charge >= 0.3 is 0 Å². The number of thiazole rings is 1. The summed E-state index contributed by atoms with van der Waals surface area (Å²) in [6.07, 6.45) is 2.78. The number of carbonyl (C=O) groups excluding carboxylic acids is 1. The maximum Gasteiger partial charge on any atom is 0.225 e. The number of carbonyl (C=O) groups is 1. The predicted octanol–water partition coefficient (Wildman–Crippen LogP) is 2.20. The van der Waals surface area contributed by atoms with Crippen molar-refractivity contribution in [1.82, 2.24) is 10.3 Å². The monoisotopic (exact) mass is 286 g/mol. The second kappa shape index (κ2) is 5.95. The predicted molar refractivity (Wildman–Crippen MR) is 74.5 cm³/mol. The highest BCUT2D eigenvalue weighted by Crippen LogP contribution is 2.32. The van der Waals surface area contributed by atoms with Crippen LogP contribution in [0, 0.1) is 16.8 Å². The molecule has 1 fully saturated rings. The molecule has 1 aromatic heterocycles. The van der Waals surface area contributed by atoms with Crippen LogP contribution in [0.1, 0.15) is 23.4 Å². The minimum atomic E-state index is 0.0531. The van der Waals surface area contributed by atoms with Crippen molar-refractivity contribution in [2.24, 2.45) is 5.92 Å². The van der Waals surface area contributed by atoms with Gasteiger partial charge in [-0.15, -0.1) is 11.3 Å². The van der Waals surface area contributed by atoms with E-state index >= 15 is 0 Å². The van der Waals surface area contributed by atoms with Crippen LogP contribution in [0.4, 0.5) is 0 Å². The van der Waals surface area contributed by atoms with Crippen LogP contribution in [0.3, 0.4) is 0 Å². The highest BCUT2D eigenvalue weighted by atomic mass is 32.1. The number of aromatic nitrogens is 1. The fourth-order valence-electron chi connectivity index (χ4n) is 1.98. The number of ether oxygens (including phenoxy) is 1. The molecule has 0 spiro atoms. The molecule has 1 amide bonds. The first-order valence-corrected chi connectivity index (χ1v) is 7.29. The van der Waals surface area contributed by atoms with E-state index in [1.54, 1.807) is 7.11 Å². The highest BCUT2D eigenvalue weighted by molar-refractivity contribution is 7.73. The summed E-state index contributed by atoms with van der Waals surface area (Å²) < 4.78 is 5.88. The summed E-state index contributed by atoms with van der Waals surface area (Å²) in [5.41, 5.74) is 0.995.